The number of ether oxygens (including phenoxy) is 2. The summed E-state index contributed by atoms with van der Waals surface area (Å²) >= 11 is 0. The molecule has 0 saturated heterocycles. The Labute approximate surface area is 201 Å². The summed E-state index contributed by atoms with van der Waals surface area (Å²) in [6, 6.07) is 15.0. The van der Waals surface area contributed by atoms with Crippen molar-refractivity contribution in [3.8, 4) is 0 Å². The summed E-state index contributed by atoms with van der Waals surface area (Å²) in [7, 11) is 0. The molecule has 0 spiro atoms. The maximum atomic E-state index is 12.9. The zero-order valence-electron chi connectivity index (χ0n) is 19.9. The van der Waals surface area contributed by atoms with E-state index >= 15 is 0 Å². The minimum Gasteiger partial charge on any atom is -0.473 e. The number of rotatable bonds is 10. The molecule has 4 rings (SSSR count). The molecule has 34 heavy (non-hydrogen) atoms. The highest BCUT2D eigenvalue weighted by molar-refractivity contribution is 6.09. The highest BCUT2D eigenvalue weighted by atomic mass is 16.5. The molecule has 0 amide bonds. The van der Waals surface area contributed by atoms with Gasteiger partial charge >= 0.3 is 0 Å². The van der Waals surface area contributed by atoms with Crippen molar-refractivity contribution in [3.63, 3.8) is 0 Å². The highest BCUT2D eigenvalue weighted by Gasteiger charge is 2.10. The second-order valence-electron chi connectivity index (χ2n) is 8.59. The predicted octanol–water partition coefficient (Wildman–Crippen LogP) is 6.94. The summed E-state index contributed by atoms with van der Waals surface area (Å²) in [5.41, 5.74) is 5.66. The van der Waals surface area contributed by atoms with E-state index in [-0.39, 0.29) is 5.78 Å². The molecule has 0 atom stereocenters. The van der Waals surface area contributed by atoms with Gasteiger partial charge in [0.1, 0.15) is 11.5 Å². The molecule has 0 saturated carbocycles. The second-order valence-corrected chi connectivity index (χ2v) is 8.59. The van der Waals surface area contributed by atoms with E-state index in [0.29, 0.717) is 24.6 Å². The molecule has 176 valence electrons. The maximum absolute atomic E-state index is 12.9. The van der Waals surface area contributed by atoms with Gasteiger partial charge in [0.05, 0.1) is 0 Å². The van der Waals surface area contributed by atoms with E-state index in [4.69, 9.17) is 9.47 Å². The van der Waals surface area contributed by atoms with Crippen LogP contribution < -0.4 is 10.6 Å². The molecule has 0 bridgehead atoms. The quantitative estimate of drug-likeness (QED) is 0.300. The summed E-state index contributed by atoms with van der Waals surface area (Å²) in [5, 5.41) is 6.49. The number of carbonyl (C=O) groups excluding carboxylic acids is 1. The number of nitrogens with one attached hydrogen (secondary N) is 2. The van der Waals surface area contributed by atoms with Crippen molar-refractivity contribution < 1.29 is 14.3 Å². The topological polar surface area (TPSA) is 59.6 Å². The largest absolute Gasteiger partial charge is 0.473 e. The van der Waals surface area contributed by atoms with Gasteiger partial charge in [-0.15, -0.1) is 0 Å². The third-order valence-electron chi connectivity index (χ3n) is 6.05. The van der Waals surface area contributed by atoms with Crippen molar-refractivity contribution >= 4 is 17.2 Å². The first-order valence-electron chi connectivity index (χ1n) is 11.8. The Morgan fingerprint density at radius 2 is 1.12 bits per heavy atom. The van der Waals surface area contributed by atoms with Crippen LogP contribution in [0, 0.1) is 0 Å². The Morgan fingerprint density at radius 1 is 0.706 bits per heavy atom. The van der Waals surface area contributed by atoms with Gasteiger partial charge in [0.25, 0.3) is 0 Å². The number of anilines is 2. The number of hydrogen-bond acceptors (Lipinski definition) is 5. The molecule has 5 heteroatoms. The zero-order chi connectivity index (χ0) is 23.8. The van der Waals surface area contributed by atoms with E-state index < -0.39 is 0 Å². The minimum absolute atomic E-state index is 0.00755. The summed E-state index contributed by atoms with van der Waals surface area (Å²) in [5.74, 6) is 1.87. The van der Waals surface area contributed by atoms with Crippen LogP contribution in [0.1, 0.15) is 55.5 Å². The third kappa shape index (κ3) is 6.19. The van der Waals surface area contributed by atoms with Crippen molar-refractivity contribution in [2.75, 3.05) is 24.1 Å². The summed E-state index contributed by atoms with van der Waals surface area (Å²) in [4.78, 5) is 12.9. The predicted molar refractivity (Wildman–Crippen MR) is 138 cm³/mol. The lowest BCUT2D eigenvalue weighted by molar-refractivity contribution is 0.103. The van der Waals surface area contributed by atoms with Gasteiger partial charge in [-0.2, -0.15) is 0 Å². The Hall–Kier alpha value is -3.73. The van der Waals surface area contributed by atoms with Crippen LogP contribution in [0.3, 0.4) is 0 Å². The normalized spacial score (nSPS) is 15.4. The molecule has 2 aliphatic carbocycles. The number of carbonyl (C=O) groups is 1. The molecule has 0 unspecified atom stereocenters. The van der Waals surface area contributed by atoms with E-state index in [1.807, 2.05) is 60.7 Å². The Kier molecular flexibility index (Phi) is 7.87. The van der Waals surface area contributed by atoms with Gasteiger partial charge in [0.15, 0.2) is 19.2 Å². The highest BCUT2D eigenvalue weighted by Crippen LogP contribution is 2.21. The molecule has 5 nitrogen and oxygen atoms in total. The van der Waals surface area contributed by atoms with E-state index in [2.05, 4.69) is 36.6 Å². The molecular weight excluding hydrogens is 424 g/mol. The van der Waals surface area contributed by atoms with Crippen LogP contribution in [0.5, 0.6) is 0 Å². The van der Waals surface area contributed by atoms with Gasteiger partial charge in [-0.3, -0.25) is 4.79 Å². The molecule has 0 aliphatic heterocycles. The van der Waals surface area contributed by atoms with Gasteiger partial charge in [-0.05, 0) is 111 Å². The van der Waals surface area contributed by atoms with Crippen LogP contribution in [-0.4, -0.2) is 19.2 Å². The van der Waals surface area contributed by atoms with Crippen molar-refractivity contribution in [1.82, 2.24) is 0 Å². The Morgan fingerprint density at radius 3 is 1.50 bits per heavy atom. The van der Waals surface area contributed by atoms with Crippen molar-refractivity contribution in [3.05, 3.63) is 107 Å². The first kappa shape index (κ1) is 23.4. The van der Waals surface area contributed by atoms with Gasteiger partial charge in [-0.1, -0.05) is 12.2 Å². The summed E-state index contributed by atoms with van der Waals surface area (Å²) in [6.07, 6.45) is 12.6. The first-order valence-corrected chi connectivity index (χ1v) is 11.8. The Bertz CT molecular complexity index is 1030. The number of benzene rings is 2. The lowest BCUT2D eigenvalue weighted by Crippen LogP contribution is -2.08. The third-order valence-corrected chi connectivity index (χ3v) is 6.05. The number of ketones is 1. The standard InChI is InChI=1S/C29H32N2O3/c1-21-7-3-5-9-27(21)33-19-30-25-15-11-23(12-16-25)29(32)24-13-17-26(18-14-24)31-20-34-28-10-6-4-8-22(28)2/h5-6,9-18,30-31H,3-4,7-8,19-20H2,1-2H3. The molecule has 0 aromatic heterocycles. The molecule has 2 aliphatic rings. The van der Waals surface area contributed by atoms with Crippen molar-refractivity contribution in [2.45, 2.75) is 39.5 Å². The van der Waals surface area contributed by atoms with Crippen LogP contribution in [0.4, 0.5) is 11.4 Å². The first-order chi connectivity index (χ1) is 16.6. The van der Waals surface area contributed by atoms with Crippen LogP contribution in [0.25, 0.3) is 0 Å². The van der Waals surface area contributed by atoms with Crippen LogP contribution in [-0.2, 0) is 9.47 Å². The monoisotopic (exact) mass is 456 g/mol. The Balaban J connectivity index is 1.26. The minimum atomic E-state index is -0.00755. The number of allylic oxidation sites excluding steroid dienone is 6. The average molecular weight is 457 g/mol. The average Bonchev–Trinajstić information content (AvgIpc) is 2.87. The van der Waals surface area contributed by atoms with Gasteiger partial charge in [0, 0.05) is 22.5 Å². The fourth-order valence-electron chi connectivity index (χ4n) is 3.89. The van der Waals surface area contributed by atoms with E-state index in [9.17, 15) is 4.79 Å². The van der Waals surface area contributed by atoms with Crippen molar-refractivity contribution in [1.29, 1.82) is 0 Å². The molecule has 0 radical (unpaired) electrons. The lowest BCUT2D eigenvalue weighted by atomic mass is 10.0. The molecule has 2 aromatic rings. The van der Waals surface area contributed by atoms with Gasteiger partial charge < -0.3 is 20.1 Å². The smallest absolute Gasteiger partial charge is 0.193 e. The summed E-state index contributed by atoms with van der Waals surface area (Å²) in [6.45, 7) is 4.97. The summed E-state index contributed by atoms with van der Waals surface area (Å²) < 4.78 is 11.6. The van der Waals surface area contributed by atoms with Gasteiger partial charge in [0.2, 0.25) is 0 Å². The second kappa shape index (κ2) is 11.4. The molecule has 0 heterocycles. The molecule has 2 aromatic carbocycles. The van der Waals surface area contributed by atoms with E-state index in [1.54, 1.807) is 0 Å². The van der Waals surface area contributed by atoms with Crippen LogP contribution in [0.15, 0.2) is 95.5 Å². The van der Waals surface area contributed by atoms with Crippen LogP contribution in [0.2, 0.25) is 0 Å². The number of hydrogen-bond donors (Lipinski definition) is 2. The fourth-order valence-corrected chi connectivity index (χ4v) is 3.89. The van der Waals surface area contributed by atoms with Crippen molar-refractivity contribution in [2.24, 2.45) is 0 Å². The van der Waals surface area contributed by atoms with Gasteiger partial charge in [-0.25, -0.2) is 0 Å². The van der Waals surface area contributed by atoms with E-state index in [0.717, 1.165) is 48.6 Å². The maximum Gasteiger partial charge on any atom is 0.193 e. The molecule has 2 N–H and O–H groups in total. The van der Waals surface area contributed by atoms with Crippen LogP contribution >= 0.6 is 0 Å². The van der Waals surface area contributed by atoms with E-state index in [1.165, 1.54) is 11.1 Å². The zero-order valence-corrected chi connectivity index (χ0v) is 19.9. The SMILES string of the molecule is CC1=C(OCNc2ccc(C(=O)c3ccc(NCOC4=C(C)CCC=C4)cc3)cc2)C=CCC1. The fraction of sp³-hybridized carbons (Fsp3) is 0.276. The lowest BCUT2D eigenvalue weighted by Gasteiger charge is -2.15. The molecular formula is C29H32N2O3. The molecule has 0 fully saturated rings.